The highest BCUT2D eigenvalue weighted by molar-refractivity contribution is 5.79. The summed E-state index contributed by atoms with van der Waals surface area (Å²) in [6, 6.07) is 15.6. The third kappa shape index (κ3) is 3.93. The minimum atomic E-state index is -0.249. The molecule has 142 valence electrons. The van der Waals surface area contributed by atoms with Crippen LogP contribution < -0.4 is 14.8 Å². The number of carbonyl (C=O) groups excluding carboxylic acids is 1. The summed E-state index contributed by atoms with van der Waals surface area (Å²) in [7, 11) is 1.63. The average molecular weight is 367 g/mol. The van der Waals surface area contributed by atoms with Gasteiger partial charge in [-0.05, 0) is 23.8 Å². The zero-order chi connectivity index (χ0) is 18.7. The van der Waals surface area contributed by atoms with E-state index in [-0.39, 0.29) is 17.6 Å². The van der Waals surface area contributed by atoms with Crippen molar-refractivity contribution in [2.24, 2.45) is 0 Å². The number of hydrogen-bond donors (Lipinski definition) is 1. The fourth-order valence-electron chi connectivity index (χ4n) is 4.01. The maximum atomic E-state index is 12.7. The van der Waals surface area contributed by atoms with Gasteiger partial charge in [-0.15, -0.1) is 0 Å². The number of nitrogens with one attached hydrogen (secondary N) is 1. The van der Waals surface area contributed by atoms with Crippen LogP contribution in [-0.2, 0) is 16.0 Å². The minimum absolute atomic E-state index is 0.00663. The number of benzene rings is 2. The molecule has 5 nitrogen and oxygen atoms in total. The van der Waals surface area contributed by atoms with Crippen molar-refractivity contribution >= 4 is 5.91 Å². The zero-order valence-corrected chi connectivity index (χ0v) is 15.6. The Bertz CT molecular complexity index is 813. The van der Waals surface area contributed by atoms with Crippen molar-refractivity contribution in [3.8, 4) is 11.5 Å². The SMILES string of the molecule is COc1cccc(CC(=O)NC2CC3(CCOCC3)Oc3ccccc32)c1. The van der Waals surface area contributed by atoms with Gasteiger partial charge in [0.2, 0.25) is 5.91 Å². The topological polar surface area (TPSA) is 56.8 Å². The molecule has 2 aliphatic heterocycles. The van der Waals surface area contributed by atoms with Crippen LogP contribution >= 0.6 is 0 Å². The number of methoxy groups -OCH3 is 1. The third-order valence-corrected chi connectivity index (χ3v) is 5.44. The lowest BCUT2D eigenvalue weighted by atomic mass is 9.82. The van der Waals surface area contributed by atoms with Gasteiger partial charge in [0, 0.05) is 24.8 Å². The van der Waals surface area contributed by atoms with Crippen LogP contribution in [-0.4, -0.2) is 31.8 Å². The van der Waals surface area contributed by atoms with Crippen molar-refractivity contribution in [1.82, 2.24) is 5.32 Å². The molecule has 1 amide bonds. The number of hydrogen-bond acceptors (Lipinski definition) is 4. The van der Waals surface area contributed by atoms with Crippen LogP contribution in [0, 0.1) is 0 Å². The molecule has 0 aromatic heterocycles. The Morgan fingerprint density at radius 2 is 2.00 bits per heavy atom. The van der Waals surface area contributed by atoms with Crippen LogP contribution in [0.2, 0.25) is 0 Å². The first kappa shape index (κ1) is 17.9. The van der Waals surface area contributed by atoms with Crippen molar-refractivity contribution < 1.29 is 19.0 Å². The van der Waals surface area contributed by atoms with E-state index >= 15 is 0 Å². The first-order chi connectivity index (χ1) is 13.2. The van der Waals surface area contributed by atoms with Crippen molar-refractivity contribution in [2.45, 2.75) is 37.3 Å². The van der Waals surface area contributed by atoms with E-state index < -0.39 is 0 Å². The maximum Gasteiger partial charge on any atom is 0.224 e. The Morgan fingerprint density at radius 1 is 1.19 bits per heavy atom. The zero-order valence-electron chi connectivity index (χ0n) is 15.6. The second-order valence-electron chi connectivity index (χ2n) is 7.29. The quantitative estimate of drug-likeness (QED) is 0.900. The molecule has 4 rings (SSSR count). The average Bonchev–Trinajstić information content (AvgIpc) is 2.68. The standard InChI is InChI=1S/C22H25NO4/c1-25-17-6-4-5-16(13-17)14-21(24)23-19-15-22(9-11-26-12-10-22)27-20-8-3-2-7-18(19)20/h2-8,13,19H,9-12,14-15H2,1H3,(H,23,24). The molecule has 1 N–H and O–H groups in total. The van der Waals surface area contributed by atoms with Gasteiger partial charge in [0.15, 0.2) is 0 Å². The second-order valence-corrected chi connectivity index (χ2v) is 7.29. The smallest absolute Gasteiger partial charge is 0.224 e. The molecular formula is C22H25NO4. The summed E-state index contributed by atoms with van der Waals surface area (Å²) < 4.78 is 17.1. The van der Waals surface area contributed by atoms with Crippen LogP contribution in [0.1, 0.15) is 36.4 Å². The van der Waals surface area contributed by atoms with E-state index in [4.69, 9.17) is 14.2 Å². The van der Waals surface area contributed by atoms with Crippen LogP contribution in [0.5, 0.6) is 11.5 Å². The normalized spacial score (nSPS) is 20.4. The number of para-hydroxylation sites is 1. The maximum absolute atomic E-state index is 12.7. The molecule has 1 saturated heterocycles. The van der Waals surface area contributed by atoms with Gasteiger partial charge in [0.25, 0.3) is 0 Å². The molecule has 1 unspecified atom stereocenters. The van der Waals surface area contributed by atoms with E-state index in [1.807, 2.05) is 48.5 Å². The van der Waals surface area contributed by atoms with E-state index in [1.54, 1.807) is 7.11 Å². The second kappa shape index (κ2) is 7.61. The van der Waals surface area contributed by atoms with Crippen molar-refractivity contribution in [3.63, 3.8) is 0 Å². The van der Waals surface area contributed by atoms with Crippen LogP contribution in [0.15, 0.2) is 48.5 Å². The number of ether oxygens (including phenoxy) is 3. The highest BCUT2D eigenvalue weighted by Gasteiger charge is 2.42. The number of carbonyl (C=O) groups is 1. The summed E-state index contributed by atoms with van der Waals surface area (Å²) in [5, 5.41) is 3.23. The molecule has 0 radical (unpaired) electrons. The summed E-state index contributed by atoms with van der Waals surface area (Å²) >= 11 is 0. The number of fused-ring (bicyclic) bond motifs is 1. The van der Waals surface area contributed by atoms with Crippen LogP contribution in [0.25, 0.3) is 0 Å². The molecule has 1 atom stereocenters. The molecule has 0 saturated carbocycles. The Morgan fingerprint density at radius 3 is 2.81 bits per heavy atom. The lowest BCUT2D eigenvalue weighted by molar-refractivity contribution is -0.122. The van der Waals surface area contributed by atoms with Crippen molar-refractivity contribution in [1.29, 1.82) is 0 Å². The monoisotopic (exact) mass is 367 g/mol. The predicted molar refractivity (Wildman–Crippen MR) is 102 cm³/mol. The molecule has 27 heavy (non-hydrogen) atoms. The summed E-state index contributed by atoms with van der Waals surface area (Å²) in [6.07, 6.45) is 2.80. The molecule has 1 spiro atoms. The van der Waals surface area contributed by atoms with Gasteiger partial charge in [0.05, 0.1) is 32.8 Å². The van der Waals surface area contributed by atoms with Crippen LogP contribution in [0.3, 0.4) is 0 Å². The highest BCUT2D eigenvalue weighted by Crippen LogP contribution is 2.43. The van der Waals surface area contributed by atoms with E-state index in [0.29, 0.717) is 19.6 Å². The number of rotatable bonds is 4. The fraction of sp³-hybridized carbons (Fsp3) is 0.409. The first-order valence-corrected chi connectivity index (χ1v) is 9.45. The highest BCUT2D eigenvalue weighted by atomic mass is 16.5. The van der Waals surface area contributed by atoms with Crippen LogP contribution in [0.4, 0.5) is 0 Å². The predicted octanol–water partition coefficient (Wildman–Crippen LogP) is 3.43. The summed E-state index contributed by atoms with van der Waals surface area (Å²) in [6.45, 7) is 1.40. The number of amides is 1. The Balaban J connectivity index is 1.51. The molecule has 1 fully saturated rings. The van der Waals surface area contributed by atoms with Gasteiger partial charge < -0.3 is 19.5 Å². The van der Waals surface area contributed by atoms with E-state index in [9.17, 15) is 4.79 Å². The third-order valence-electron chi connectivity index (χ3n) is 5.44. The first-order valence-electron chi connectivity index (χ1n) is 9.45. The van der Waals surface area contributed by atoms with Gasteiger partial charge in [-0.1, -0.05) is 30.3 Å². The van der Waals surface area contributed by atoms with E-state index in [1.165, 1.54) is 0 Å². The molecule has 2 aromatic carbocycles. The minimum Gasteiger partial charge on any atom is -0.497 e. The van der Waals surface area contributed by atoms with Crippen molar-refractivity contribution in [3.05, 3.63) is 59.7 Å². The van der Waals surface area contributed by atoms with Gasteiger partial charge in [-0.3, -0.25) is 4.79 Å². The van der Waals surface area contributed by atoms with Gasteiger partial charge in [-0.25, -0.2) is 0 Å². The molecule has 0 bridgehead atoms. The van der Waals surface area contributed by atoms with Gasteiger partial charge >= 0.3 is 0 Å². The summed E-state index contributed by atoms with van der Waals surface area (Å²) in [4.78, 5) is 12.7. The Hall–Kier alpha value is -2.53. The summed E-state index contributed by atoms with van der Waals surface area (Å²) in [5.41, 5.74) is 1.74. The van der Waals surface area contributed by atoms with Gasteiger partial charge in [0.1, 0.15) is 17.1 Å². The van der Waals surface area contributed by atoms with Crippen molar-refractivity contribution in [2.75, 3.05) is 20.3 Å². The van der Waals surface area contributed by atoms with E-state index in [0.717, 1.165) is 41.9 Å². The largest absolute Gasteiger partial charge is 0.497 e. The molecule has 0 aliphatic carbocycles. The molecular weight excluding hydrogens is 342 g/mol. The lowest BCUT2D eigenvalue weighted by Gasteiger charge is -2.44. The van der Waals surface area contributed by atoms with Gasteiger partial charge in [-0.2, -0.15) is 0 Å². The molecule has 2 heterocycles. The summed E-state index contributed by atoms with van der Waals surface area (Å²) in [5.74, 6) is 1.64. The lowest BCUT2D eigenvalue weighted by Crippen LogP contribution is -2.48. The Kier molecular flexibility index (Phi) is 5.03. The molecule has 5 heteroatoms. The molecule has 2 aromatic rings. The van der Waals surface area contributed by atoms with E-state index in [2.05, 4.69) is 5.32 Å². The molecule has 2 aliphatic rings. The Labute approximate surface area is 159 Å². The fourth-order valence-corrected chi connectivity index (χ4v) is 4.01.